The zero-order valence-corrected chi connectivity index (χ0v) is 20.4. The zero-order valence-electron chi connectivity index (χ0n) is 20.4. The number of carbonyl (C=O) groups excluding carboxylic acids is 3. The first-order valence-corrected chi connectivity index (χ1v) is 11.5. The monoisotopic (exact) mass is 504 g/mol. The van der Waals surface area contributed by atoms with E-state index < -0.39 is 17.7 Å². The second-order valence-corrected chi connectivity index (χ2v) is 8.16. The summed E-state index contributed by atoms with van der Waals surface area (Å²) in [5.74, 6) is -2.44. The summed E-state index contributed by atoms with van der Waals surface area (Å²) < 4.78 is 12.8. The summed E-state index contributed by atoms with van der Waals surface area (Å²) in [5, 5.41) is 14.8. The van der Waals surface area contributed by atoms with Crippen molar-refractivity contribution < 1.29 is 23.9 Å². The summed E-state index contributed by atoms with van der Waals surface area (Å²) >= 11 is 0. The average Bonchev–Trinajstić information content (AvgIpc) is 3.53. The van der Waals surface area contributed by atoms with Crippen molar-refractivity contribution in [2.75, 3.05) is 14.2 Å². The van der Waals surface area contributed by atoms with Gasteiger partial charge in [-0.2, -0.15) is 10.4 Å². The Bertz CT molecular complexity index is 1740. The number of rotatable bonds is 6. The molecule has 9 nitrogen and oxygen atoms in total. The molecule has 38 heavy (non-hydrogen) atoms. The van der Waals surface area contributed by atoms with Gasteiger partial charge < -0.3 is 13.9 Å². The molecular formula is C29H20N4O5. The number of aromatic nitrogens is 3. The molecule has 2 aromatic carbocycles. The predicted molar refractivity (Wildman–Crippen MR) is 137 cm³/mol. The van der Waals surface area contributed by atoms with Gasteiger partial charge >= 0.3 is 11.9 Å². The van der Waals surface area contributed by atoms with E-state index in [9.17, 15) is 19.6 Å². The largest absolute Gasteiger partial charge is 0.465 e. The van der Waals surface area contributed by atoms with Crippen LogP contribution in [0.25, 0.3) is 22.5 Å². The number of ether oxygens (including phenoxy) is 2. The van der Waals surface area contributed by atoms with E-state index in [1.807, 2.05) is 48.5 Å². The number of fused-ring (bicyclic) bond motifs is 1. The van der Waals surface area contributed by atoms with E-state index in [2.05, 4.69) is 11.2 Å². The Morgan fingerprint density at radius 3 is 2.05 bits per heavy atom. The highest BCUT2D eigenvalue weighted by Gasteiger charge is 2.36. The third-order valence-electron chi connectivity index (χ3n) is 6.10. The maximum absolute atomic E-state index is 14.2. The van der Waals surface area contributed by atoms with Gasteiger partial charge in [0.25, 0.3) is 0 Å². The second kappa shape index (κ2) is 9.87. The molecule has 0 N–H and O–H groups in total. The van der Waals surface area contributed by atoms with Gasteiger partial charge in [-0.15, -0.1) is 0 Å². The van der Waals surface area contributed by atoms with Crippen LogP contribution in [0.4, 0.5) is 0 Å². The Morgan fingerprint density at radius 1 is 0.816 bits per heavy atom. The molecule has 9 heteroatoms. The van der Waals surface area contributed by atoms with Gasteiger partial charge in [0, 0.05) is 11.8 Å². The van der Waals surface area contributed by atoms with E-state index in [0.29, 0.717) is 16.9 Å². The van der Waals surface area contributed by atoms with Crippen LogP contribution in [0.15, 0.2) is 85.1 Å². The number of carbonyl (C=O) groups is 3. The van der Waals surface area contributed by atoms with Crippen LogP contribution in [0.1, 0.15) is 42.5 Å². The van der Waals surface area contributed by atoms with Crippen LogP contribution in [-0.2, 0) is 9.47 Å². The van der Waals surface area contributed by atoms with E-state index >= 15 is 0 Å². The number of nitrogens with zero attached hydrogens (tertiary/aromatic N) is 4. The van der Waals surface area contributed by atoms with Crippen molar-refractivity contribution in [3.05, 3.63) is 113 Å². The van der Waals surface area contributed by atoms with Crippen LogP contribution in [-0.4, -0.2) is 46.1 Å². The third kappa shape index (κ3) is 3.81. The first kappa shape index (κ1) is 24.2. The van der Waals surface area contributed by atoms with E-state index in [1.165, 1.54) is 16.2 Å². The molecule has 0 atom stereocenters. The number of methoxy groups -OCH3 is 2. The summed E-state index contributed by atoms with van der Waals surface area (Å²) in [6, 6.07) is 25.2. The highest BCUT2D eigenvalue weighted by atomic mass is 16.5. The molecule has 3 aromatic heterocycles. The van der Waals surface area contributed by atoms with Crippen LogP contribution in [0, 0.1) is 11.3 Å². The lowest BCUT2D eigenvalue weighted by Crippen LogP contribution is -2.16. The molecule has 5 rings (SSSR count). The second-order valence-electron chi connectivity index (χ2n) is 8.16. The number of esters is 2. The SMILES string of the molecule is COC(=O)c1c(C(=O)OC)c2ccccn2c1C(=O)c1nn(-c2ccccc2)c(-c2ccccc2)c1C#N. The van der Waals surface area contributed by atoms with Gasteiger partial charge in [0.2, 0.25) is 5.78 Å². The van der Waals surface area contributed by atoms with Crippen LogP contribution < -0.4 is 0 Å². The highest BCUT2D eigenvalue weighted by molar-refractivity contribution is 6.20. The molecule has 0 radical (unpaired) electrons. The normalized spacial score (nSPS) is 10.7. The highest BCUT2D eigenvalue weighted by Crippen LogP contribution is 2.33. The average molecular weight is 505 g/mol. The third-order valence-corrected chi connectivity index (χ3v) is 6.10. The molecule has 0 saturated heterocycles. The van der Waals surface area contributed by atoms with Crippen molar-refractivity contribution in [3.63, 3.8) is 0 Å². The lowest BCUT2D eigenvalue weighted by molar-refractivity contribution is 0.0556. The van der Waals surface area contributed by atoms with Gasteiger partial charge in [0.15, 0.2) is 5.69 Å². The minimum atomic E-state index is -0.901. The number of hydrogen-bond acceptors (Lipinski definition) is 7. The lowest BCUT2D eigenvalue weighted by atomic mass is 10.0. The lowest BCUT2D eigenvalue weighted by Gasteiger charge is -2.07. The summed E-state index contributed by atoms with van der Waals surface area (Å²) in [5.41, 5.74) is 1.27. The smallest absolute Gasteiger partial charge is 0.341 e. The summed E-state index contributed by atoms with van der Waals surface area (Å²) in [6.07, 6.45) is 1.54. The van der Waals surface area contributed by atoms with Crippen LogP contribution in [0.2, 0.25) is 0 Å². The standard InChI is InChI=1S/C29H20N4O5/c1-37-28(35)22-21-15-9-10-16-32(21)26(23(22)29(36)38-2)27(34)24-20(17-30)25(18-11-5-3-6-12-18)33(31-24)19-13-7-4-8-14-19/h3-16H,1-2H3. The summed E-state index contributed by atoms with van der Waals surface area (Å²) in [6.45, 7) is 0. The van der Waals surface area contributed by atoms with Gasteiger partial charge in [-0.3, -0.25) is 4.79 Å². The molecule has 0 fully saturated rings. The Hall–Kier alpha value is -5.49. The van der Waals surface area contributed by atoms with E-state index in [0.717, 1.165) is 7.11 Å². The molecular weight excluding hydrogens is 484 g/mol. The fourth-order valence-corrected chi connectivity index (χ4v) is 4.45. The number of benzene rings is 2. The molecule has 0 aliphatic rings. The number of ketones is 1. The first-order chi connectivity index (χ1) is 18.5. The fraction of sp³-hybridized carbons (Fsp3) is 0.0690. The van der Waals surface area contributed by atoms with Crippen molar-refractivity contribution in [1.82, 2.24) is 14.2 Å². The van der Waals surface area contributed by atoms with Crippen molar-refractivity contribution in [2.45, 2.75) is 0 Å². The van der Waals surface area contributed by atoms with Crippen molar-refractivity contribution >= 4 is 23.2 Å². The van der Waals surface area contributed by atoms with Gasteiger partial charge in [0.1, 0.15) is 28.5 Å². The molecule has 0 aliphatic heterocycles. The minimum Gasteiger partial charge on any atom is -0.465 e. The number of nitriles is 1. The van der Waals surface area contributed by atoms with Crippen molar-refractivity contribution in [2.24, 2.45) is 0 Å². The quantitative estimate of drug-likeness (QED) is 0.247. The maximum atomic E-state index is 14.2. The molecule has 5 aromatic rings. The Balaban J connectivity index is 1.85. The summed E-state index contributed by atoms with van der Waals surface area (Å²) in [4.78, 5) is 40.0. The van der Waals surface area contributed by atoms with E-state index in [1.54, 1.807) is 36.5 Å². The maximum Gasteiger partial charge on any atom is 0.341 e. The van der Waals surface area contributed by atoms with Crippen molar-refractivity contribution in [3.8, 4) is 23.0 Å². The van der Waals surface area contributed by atoms with Crippen molar-refractivity contribution in [1.29, 1.82) is 5.26 Å². The molecule has 0 amide bonds. The van der Waals surface area contributed by atoms with Crippen LogP contribution >= 0.6 is 0 Å². The Labute approximate surface area is 217 Å². The molecule has 0 spiro atoms. The topological polar surface area (TPSA) is 116 Å². The van der Waals surface area contributed by atoms with Gasteiger partial charge in [-0.25, -0.2) is 14.3 Å². The van der Waals surface area contributed by atoms with Crippen LogP contribution in [0.3, 0.4) is 0 Å². The zero-order chi connectivity index (χ0) is 26.8. The molecule has 0 bridgehead atoms. The Morgan fingerprint density at radius 2 is 1.42 bits per heavy atom. The van der Waals surface area contributed by atoms with Gasteiger partial charge in [-0.1, -0.05) is 54.6 Å². The predicted octanol–water partition coefficient (Wildman–Crippen LogP) is 4.47. The molecule has 0 unspecified atom stereocenters. The molecule has 0 aliphatic carbocycles. The first-order valence-electron chi connectivity index (χ1n) is 11.5. The molecule has 0 saturated carbocycles. The number of pyridine rings is 1. The Kier molecular flexibility index (Phi) is 6.29. The number of para-hydroxylation sites is 1. The molecule has 3 heterocycles. The fourth-order valence-electron chi connectivity index (χ4n) is 4.45. The number of hydrogen-bond donors (Lipinski definition) is 0. The van der Waals surface area contributed by atoms with Gasteiger partial charge in [-0.05, 0) is 24.3 Å². The van der Waals surface area contributed by atoms with Gasteiger partial charge in [0.05, 0.1) is 31.1 Å². The van der Waals surface area contributed by atoms with Crippen LogP contribution in [0.5, 0.6) is 0 Å². The summed E-state index contributed by atoms with van der Waals surface area (Å²) in [7, 11) is 2.33. The van der Waals surface area contributed by atoms with E-state index in [4.69, 9.17) is 9.47 Å². The minimum absolute atomic E-state index is 0.0198. The molecule has 186 valence electrons. The van der Waals surface area contributed by atoms with E-state index in [-0.39, 0.29) is 33.6 Å².